The van der Waals surface area contributed by atoms with Crippen molar-refractivity contribution < 1.29 is 24.0 Å². The predicted molar refractivity (Wildman–Crippen MR) is 74.4 cm³/mol. The van der Waals surface area contributed by atoms with Gasteiger partial charge in [-0.15, -0.1) is 0 Å². The maximum Gasteiger partial charge on any atom is 0.306 e. The molecule has 120 valence electrons. The number of halogens is 1. The number of carboxylic acids is 1. The van der Waals surface area contributed by atoms with Crippen LogP contribution in [0.25, 0.3) is 0 Å². The Morgan fingerprint density at radius 3 is 2.48 bits per heavy atom. The van der Waals surface area contributed by atoms with E-state index in [9.17, 15) is 29.2 Å². The third-order valence-corrected chi connectivity index (χ3v) is 4.44. The highest BCUT2D eigenvalue weighted by Crippen LogP contribution is 2.48. The summed E-state index contributed by atoms with van der Waals surface area (Å²) in [6.07, 6.45) is 4.15. The van der Waals surface area contributed by atoms with E-state index in [0.717, 1.165) is 12.1 Å². The Kier molecular flexibility index (Phi) is 3.59. The summed E-state index contributed by atoms with van der Waals surface area (Å²) in [4.78, 5) is 33.5. The van der Waals surface area contributed by atoms with Gasteiger partial charge in [-0.1, -0.05) is 12.2 Å². The molecule has 1 fully saturated rings. The lowest BCUT2D eigenvalue weighted by atomic mass is 9.82. The van der Waals surface area contributed by atoms with Gasteiger partial charge in [-0.2, -0.15) is 4.39 Å². The standard InChI is InChI=1S/C15H13FN2O5/c16-10-4-3-9(6-11(10)18(22)23)17-14(19)12-7-1-2-8(5-7)13(12)15(20)21/h1-4,6-8,12-13H,5H2,(H,17,19)(H,20,21)/p-1/t7-,8+,12+,13+/m1/s1. The second-order valence-corrected chi connectivity index (χ2v) is 5.73. The summed E-state index contributed by atoms with van der Waals surface area (Å²) < 4.78 is 13.3. The first-order valence-corrected chi connectivity index (χ1v) is 7.02. The maximum absolute atomic E-state index is 13.3. The summed E-state index contributed by atoms with van der Waals surface area (Å²) in [5.41, 5.74) is -0.709. The fraction of sp³-hybridized carbons (Fsp3) is 0.333. The summed E-state index contributed by atoms with van der Waals surface area (Å²) in [6, 6.07) is 2.98. The number of nitro benzene ring substituents is 1. The molecule has 0 heterocycles. The monoisotopic (exact) mass is 319 g/mol. The molecule has 23 heavy (non-hydrogen) atoms. The van der Waals surface area contributed by atoms with Gasteiger partial charge in [0.05, 0.1) is 10.8 Å². The molecule has 1 aromatic rings. The molecule has 1 saturated carbocycles. The lowest BCUT2D eigenvalue weighted by Crippen LogP contribution is -2.42. The zero-order valence-electron chi connectivity index (χ0n) is 11.8. The number of carbonyl (C=O) groups is 2. The van der Waals surface area contributed by atoms with Crippen LogP contribution in [0, 0.1) is 39.6 Å². The molecule has 2 aliphatic rings. The van der Waals surface area contributed by atoms with Gasteiger partial charge in [0, 0.05) is 23.6 Å². The van der Waals surface area contributed by atoms with Crippen LogP contribution < -0.4 is 10.4 Å². The van der Waals surface area contributed by atoms with Gasteiger partial charge in [0.25, 0.3) is 0 Å². The lowest BCUT2D eigenvalue weighted by Gasteiger charge is -2.27. The van der Waals surface area contributed by atoms with Gasteiger partial charge in [-0.3, -0.25) is 14.9 Å². The molecule has 2 bridgehead atoms. The van der Waals surface area contributed by atoms with Crippen LogP contribution in [0.2, 0.25) is 0 Å². The van der Waals surface area contributed by atoms with Crippen molar-refractivity contribution in [3.05, 3.63) is 46.3 Å². The third kappa shape index (κ3) is 2.56. The topological polar surface area (TPSA) is 112 Å². The van der Waals surface area contributed by atoms with Crippen molar-refractivity contribution in [2.24, 2.45) is 23.7 Å². The normalized spacial score (nSPS) is 27.9. The first-order chi connectivity index (χ1) is 10.9. The molecular weight excluding hydrogens is 307 g/mol. The van der Waals surface area contributed by atoms with Crippen LogP contribution in [0.4, 0.5) is 15.8 Å². The van der Waals surface area contributed by atoms with Crippen molar-refractivity contribution in [2.75, 3.05) is 5.32 Å². The molecule has 8 heteroatoms. The summed E-state index contributed by atoms with van der Waals surface area (Å²) >= 11 is 0. The Hall–Kier alpha value is -2.77. The summed E-state index contributed by atoms with van der Waals surface area (Å²) in [5, 5.41) is 24.4. The number of allylic oxidation sites excluding steroid dienone is 2. The van der Waals surface area contributed by atoms with E-state index in [2.05, 4.69) is 5.32 Å². The van der Waals surface area contributed by atoms with Crippen LogP contribution in [0.5, 0.6) is 0 Å². The van der Waals surface area contributed by atoms with E-state index in [1.807, 2.05) is 6.08 Å². The van der Waals surface area contributed by atoms with E-state index in [4.69, 9.17) is 0 Å². The van der Waals surface area contributed by atoms with Gasteiger partial charge >= 0.3 is 5.69 Å². The number of carbonyl (C=O) groups excluding carboxylic acids is 2. The molecule has 4 atom stereocenters. The van der Waals surface area contributed by atoms with Crippen molar-refractivity contribution in [3.8, 4) is 0 Å². The first-order valence-electron chi connectivity index (χ1n) is 7.02. The van der Waals surface area contributed by atoms with E-state index in [-0.39, 0.29) is 17.5 Å². The van der Waals surface area contributed by atoms with Crippen molar-refractivity contribution in [1.82, 2.24) is 0 Å². The zero-order valence-corrected chi connectivity index (χ0v) is 11.8. The number of fused-ring (bicyclic) bond motifs is 2. The maximum atomic E-state index is 13.3. The average molecular weight is 319 g/mol. The van der Waals surface area contributed by atoms with E-state index in [1.165, 1.54) is 6.07 Å². The molecule has 0 saturated heterocycles. The van der Waals surface area contributed by atoms with E-state index in [0.29, 0.717) is 6.42 Å². The highest BCUT2D eigenvalue weighted by Gasteiger charge is 2.48. The third-order valence-electron chi connectivity index (χ3n) is 4.44. The number of aliphatic carboxylic acids is 1. The number of anilines is 1. The van der Waals surface area contributed by atoms with Crippen LogP contribution in [0.1, 0.15) is 6.42 Å². The van der Waals surface area contributed by atoms with Crippen molar-refractivity contribution in [3.63, 3.8) is 0 Å². The van der Waals surface area contributed by atoms with Gasteiger partial charge in [0.15, 0.2) is 0 Å². The number of nitrogens with zero attached hydrogens (tertiary/aromatic N) is 1. The molecule has 2 aliphatic carbocycles. The molecular formula is C15H12FN2O5-. The number of hydrogen-bond donors (Lipinski definition) is 1. The number of nitro groups is 1. The minimum Gasteiger partial charge on any atom is -0.550 e. The van der Waals surface area contributed by atoms with Crippen LogP contribution in [-0.4, -0.2) is 16.8 Å². The zero-order chi connectivity index (χ0) is 16.7. The van der Waals surface area contributed by atoms with E-state index < -0.39 is 40.1 Å². The number of rotatable bonds is 4. The molecule has 0 unspecified atom stereocenters. The molecule has 1 N–H and O–H groups in total. The minimum absolute atomic E-state index is 0.0481. The lowest BCUT2D eigenvalue weighted by molar-refractivity contribution is -0.387. The fourth-order valence-electron chi connectivity index (χ4n) is 3.46. The van der Waals surface area contributed by atoms with Gasteiger partial charge in [0.1, 0.15) is 0 Å². The van der Waals surface area contributed by atoms with Gasteiger partial charge in [0.2, 0.25) is 11.7 Å². The molecule has 7 nitrogen and oxygen atoms in total. The van der Waals surface area contributed by atoms with Crippen LogP contribution in [0.15, 0.2) is 30.4 Å². The average Bonchev–Trinajstić information content (AvgIpc) is 3.09. The number of carboxylic acid groups (broad SMARTS) is 1. The Morgan fingerprint density at radius 2 is 1.87 bits per heavy atom. The fourth-order valence-corrected chi connectivity index (χ4v) is 3.46. The Balaban J connectivity index is 1.82. The summed E-state index contributed by atoms with van der Waals surface area (Å²) in [7, 11) is 0. The second kappa shape index (κ2) is 5.45. The summed E-state index contributed by atoms with van der Waals surface area (Å²) in [5.74, 6) is -4.99. The van der Waals surface area contributed by atoms with Gasteiger partial charge < -0.3 is 15.2 Å². The smallest absolute Gasteiger partial charge is 0.306 e. The second-order valence-electron chi connectivity index (χ2n) is 5.73. The molecule has 0 aromatic heterocycles. The number of benzene rings is 1. The Bertz CT molecular complexity index is 733. The predicted octanol–water partition coefficient (Wildman–Crippen LogP) is 0.861. The summed E-state index contributed by atoms with van der Waals surface area (Å²) in [6.45, 7) is 0. The highest BCUT2D eigenvalue weighted by molar-refractivity contribution is 5.96. The molecule has 3 rings (SSSR count). The van der Waals surface area contributed by atoms with Gasteiger partial charge in [-0.25, -0.2) is 0 Å². The van der Waals surface area contributed by atoms with Crippen LogP contribution in [-0.2, 0) is 9.59 Å². The van der Waals surface area contributed by atoms with Gasteiger partial charge in [-0.05, 0) is 30.4 Å². The SMILES string of the molecule is O=C(Nc1ccc(F)c([N+](=O)[O-])c1)[C@@H]1[C@@H](C(=O)[O-])[C@H]2C=C[C@@H]1C2. The first kappa shape index (κ1) is 15.1. The molecule has 0 radical (unpaired) electrons. The van der Waals surface area contributed by atoms with E-state index >= 15 is 0 Å². The van der Waals surface area contributed by atoms with E-state index in [1.54, 1.807) is 6.08 Å². The van der Waals surface area contributed by atoms with Crippen molar-refractivity contribution in [1.29, 1.82) is 0 Å². The molecule has 1 aromatic carbocycles. The van der Waals surface area contributed by atoms with Crippen LogP contribution in [0.3, 0.4) is 0 Å². The van der Waals surface area contributed by atoms with Crippen molar-refractivity contribution in [2.45, 2.75) is 6.42 Å². The Labute approximate surface area is 130 Å². The number of hydrogen-bond acceptors (Lipinski definition) is 5. The Morgan fingerprint density at radius 1 is 1.22 bits per heavy atom. The molecule has 0 spiro atoms. The highest BCUT2D eigenvalue weighted by atomic mass is 19.1. The minimum atomic E-state index is -1.29. The molecule has 0 aliphatic heterocycles. The number of amides is 1. The largest absolute Gasteiger partial charge is 0.550 e. The van der Waals surface area contributed by atoms with Crippen molar-refractivity contribution >= 4 is 23.3 Å². The molecule has 1 amide bonds. The van der Waals surface area contributed by atoms with Crippen LogP contribution >= 0.6 is 0 Å². The quantitative estimate of drug-likeness (QED) is 0.502. The number of nitrogens with one attached hydrogen (secondary N) is 1.